The van der Waals surface area contributed by atoms with Crippen molar-refractivity contribution in [1.29, 1.82) is 0 Å². The highest BCUT2D eigenvalue weighted by molar-refractivity contribution is 5.90. The summed E-state index contributed by atoms with van der Waals surface area (Å²) in [5.41, 5.74) is -0.162. The molecule has 0 amide bonds. The third-order valence-electron chi connectivity index (χ3n) is 7.21. The zero-order valence-electron chi connectivity index (χ0n) is 14.2. The van der Waals surface area contributed by atoms with Crippen molar-refractivity contribution in [3.05, 3.63) is 0 Å². The molecule has 3 aliphatic carbocycles. The summed E-state index contributed by atoms with van der Waals surface area (Å²) >= 11 is 0. The van der Waals surface area contributed by atoms with Crippen LogP contribution in [-0.4, -0.2) is 16.5 Å². The molecule has 0 heterocycles. The molecule has 0 aromatic heterocycles. The average Bonchev–Trinajstić information content (AvgIpc) is 3.02. The summed E-state index contributed by atoms with van der Waals surface area (Å²) in [6.07, 6.45) is 8.86. The monoisotopic (exact) mass is 292 g/mol. The van der Waals surface area contributed by atoms with E-state index in [-0.39, 0.29) is 10.8 Å². The molecule has 3 rings (SSSR count). The summed E-state index contributed by atoms with van der Waals surface area (Å²) < 4.78 is 0. The van der Waals surface area contributed by atoms with Gasteiger partial charge < -0.3 is 5.11 Å². The standard InChI is InChI=1S/C19H32O2/c1-13(7-5-9-17(2,3)21)15-11-14-12-19(14)16(20)8-6-10-18(15,19)4/h13-15,21H,5-12H2,1-4H3/t13?,14?,15-,18-,19?/m1/s1. The highest BCUT2D eigenvalue weighted by atomic mass is 16.3. The molecule has 3 unspecified atom stereocenters. The third-order valence-corrected chi connectivity index (χ3v) is 7.21. The molecule has 120 valence electrons. The van der Waals surface area contributed by atoms with Crippen molar-refractivity contribution in [2.45, 2.75) is 84.7 Å². The van der Waals surface area contributed by atoms with E-state index in [9.17, 15) is 9.90 Å². The first-order valence-corrected chi connectivity index (χ1v) is 8.96. The molecule has 21 heavy (non-hydrogen) atoms. The molecule has 0 aliphatic heterocycles. The Morgan fingerprint density at radius 2 is 2.14 bits per heavy atom. The van der Waals surface area contributed by atoms with Crippen LogP contribution < -0.4 is 0 Å². The molecule has 1 spiro atoms. The summed E-state index contributed by atoms with van der Waals surface area (Å²) in [4.78, 5) is 12.5. The van der Waals surface area contributed by atoms with Crippen molar-refractivity contribution < 1.29 is 9.90 Å². The van der Waals surface area contributed by atoms with Gasteiger partial charge in [-0.25, -0.2) is 0 Å². The maximum Gasteiger partial charge on any atom is 0.139 e. The summed E-state index contributed by atoms with van der Waals surface area (Å²) in [6, 6.07) is 0. The number of carbonyl (C=O) groups excluding carboxylic acids is 1. The van der Waals surface area contributed by atoms with Crippen LogP contribution in [0.2, 0.25) is 0 Å². The van der Waals surface area contributed by atoms with Crippen molar-refractivity contribution in [2.24, 2.45) is 28.6 Å². The van der Waals surface area contributed by atoms with Crippen LogP contribution in [0.3, 0.4) is 0 Å². The second-order valence-electron chi connectivity index (χ2n) is 9.09. The van der Waals surface area contributed by atoms with Crippen LogP contribution in [0.4, 0.5) is 0 Å². The molecule has 3 saturated carbocycles. The molecule has 3 fully saturated rings. The van der Waals surface area contributed by atoms with Gasteiger partial charge in [0.2, 0.25) is 0 Å². The number of rotatable bonds is 5. The maximum atomic E-state index is 12.5. The molecule has 1 N–H and O–H groups in total. The van der Waals surface area contributed by atoms with Gasteiger partial charge in [0.25, 0.3) is 0 Å². The van der Waals surface area contributed by atoms with Gasteiger partial charge in [0.15, 0.2) is 0 Å². The average molecular weight is 292 g/mol. The van der Waals surface area contributed by atoms with Gasteiger partial charge in [0.05, 0.1) is 5.60 Å². The van der Waals surface area contributed by atoms with E-state index in [0.717, 1.165) is 31.6 Å². The molecule has 2 heteroatoms. The lowest BCUT2D eigenvalue weighted by atomic mass is 9.58. The minimum absolute atomic E-state index is 0.0976. The van der Waals surface area contributed by atoms with Crippen molar-refractivity contribution in [1.82, 2.24) is 0 Å². The number of carbonyl (C=O) groups is 1. The van der Waals surface area contributed by atoms with E-state index in [2.05, 4.69) is 13.8 Å². The predicted molar refractivity (Wildman–Crippen MR) is 84.9 cm³/mol. The van der Waals surface area contributed by atoms with E-state index in [1.807, 2.05) is 13.8 Å². The Morgan fingerprint density at radius 3 is 2.81 bits per heavy atom. The lowest BCUT2D eigenvalue weighted by molar-refractivity contribution is -0.134. The van der Waals surface area contributed by atoms with Crippen molar-refractivity contribution in [2.75, 3.05) is 0 Å². The normalized spacial score (nSPS) is 43.4. The van der Waals surface area contributed by atoms with Gasteiger partial charge in [0.1, 0.15) is 5.78 Å². The molecule has 0 bridgehead atoms. The van der Waals surface area contributed by atoms with Crippen molar-refractivity contribution in [3.8, 4) is 0 Å². The molecule has 0 aromatic rings. The fourth-order valence-corrected chi connectivity index (χ4v) is 6.04. The predicted octanol–water partition coefficient (Wildman–Crippen LogP) is 4.35. The first kappa shape index (κ1) is 15.5. The van der Waals surface area contributed by atoms with E-state index in [1.54, 1.807) is 0 Å². The van der Waals surface area contributed by atoms with Crippen molar-refractivity contribution in [3.63, 3.8) is 0 Å². The third kappa shape index (κ3) is 2.29. The number of aliphatic hydroxyl groups is 1. The van der Waals surface area contributed by atoms with Crippen LogP contribution in [0.15, 0.2) is 0 Å². The smallest absolute Gasteiger partial charge is 0.139 e. The fraction of sp³-hybridized carbons (Fsp3) is 0.947. The molecular weight excluding hydrogens is 260 g/mol. The van der Waals surface area contributed by atoms with E-state index in [1.165, 1.54) is 25.7 Å². The van der Waals surface area contributed by atoms with E-state index >= 15 is 0 Å². The number of hydrogen-bond acceptors (Lipinski definition) is 2. The van der Waals surface area contributed by atoms with Crippen LogP contribution in [0.1, 0.15) is 79.1 Å². The summed E-state index contributed by atoms with van der Waals surface area (Å²) in [5, 5.41) is 9.87. The fourth-order valence-electron chi connectivity index (χ4n) is 6.04. The topological polar surface area (TPSA) is 37.3 Å². The minimum atomic E-state index is -0.538. The molecule has 0 aromatic carbocycles. The van der Waals surface area contributed by atoms with Crippen LogP contribution in [0.25, 0.3) is 0 Å². The van der Waals surface area contributed by atoms with Gasteiger partial charge in [-0.3, -0.25) is 4.79 Å². The second-order valence-corrected chi connectivity index (χ2v) is 9.09. The number of Topliss-reactive ketones (excluding diaryl/α,β-unsaturated/α-hetero) is 1. The van der Waals surface area contributed by atoms with Gasteiger partial charge in [-0.05, 0) is 69.1 Å². The zero-order valence-corrected chi connectivity index (χ0v) is 14.2. The Balaban J connectivity index is 1.66. The Morgan fingerprint density at radius 1 is 1.43 bits per heavy atom. The number of hydrogen-bond donors (Lipinski definition) is 1. The van der Waals surface area contributed by atoms with Gasteiger partial charge in [-0.2, -0.15) is 0 Å². The Bertz CT molecular complexity index is 435. The largest absolute Gasteiger partial charge is 0.390 e. The van der Waals surface area contributed by atoms with E-state index in [0.29, 0.717) is 17.6 Å². The summed E-state index contributed by atoms with van der Waals surface area (Å²) in [5.74, 6) is 2.71. The highest BCUT2D eigenvalue weighted by Gasteiger charge is 2.76. The quantitative estimate of drug-likeness (QED) is 0.818. The van der Waals surface area contributed by atoms with Gasteiger partial charge in [0, 0.05) is 11.8 Å². The SMILES string of the molecule is CC(CCCC(C)(C)O)[C@H]1CC2CC23C(=O)CCC[C@]13C. The van der Waals surface area contributed by atoms with Gasteiger partial charge in [-0.1, -0.05) is 26.7 Å². The lowest BCUT2D eigenvalue weighted by Gasteiger charge is -2.45. The summed E-state index contributed by atoms with van der Waals surface area (Å²) in [7, 11) is 0. The van der Waals surface area contributed by atoms with Crippen molar-refractivity contribution >= 4 is 5.78 Å². The molecule has 2 nitrogen and oxygen atoms in total. The first-order chi connectivity index (χ1) is 9.71. The Hall–Kier alpha value is -0.370. The second kappa shape index (κ2) is 4.81. The molecule has 0 saturated heterocycles. The highest BCUT2D eigenvalue weighted by Crippen LogP contribution is 2.78. The first-order valence-electron chi connectivity index (χ1n) is 8.96. The summed E-state index contributed by atoms with van der Waals surface area (Å²) in [6.45, 7) is 8.61. The van der Waals surface area contributed by atoms with Gasteiger partial charge >= 0.3 is 0 Å². The molecule has 0 radical (unpaired) electrons. The van der Waals surface area contributed by atoms with Crippen LogP contribution in [-0.2, 0) is 4.79 Å². The van der Waals surface area contributed by atoms with E-state index < -0.39 is 5.60 Å². The Labute approximate surface area is 129 Å². The van der Waals surface area contributed by atoms with E-state index in [4.69, 9.17) is 0 Å². The Kier molecular flexibility index (Phi) is 3.56. The molecule has 5 atom stereocenters. The molecule has 3 aliphatic rings. The van der Waals surface area contributed by atoms with Gasteiger partial charge in [-0.15, -0.1) is 0 Å². The zero-order chi connectivity index (χ0) is 15.5. The van der Waals surface area contributed by atoms with Crippen LogP contribution in [0.5, 0.6) is 0 Å². The van der Waals surface area contributed by atoms with Crippen LogP contribution >= 0.6 is 0 Å². The number of ketones is 1. The minimum Gasteiger partial charge on any atom is -0.390 e. The maximum absolute atomic E-state index is 12.5. The lowest BCUT2D eigenvalue weighted by Crippen LogP contribution is -2.43. The van der Waals surface area contributed by atoms with Crippen LogP contribution in [0, 0.1) is 28.6 Å². The molecular formula is C19H32O2.